The number of carbonyl (C=O) groups is 1. The van der Waals surface area contributed by atoms with Gasteiger partial charge < -0.3 is 10.8 Å². The fourth-order valence-corrected chi connectivity index (χ4v) is 0.231. The first kappa shape index (κ1) is 7.68. The maximum Gasteiger partial charge on any atom is 0.328 e. The van der Waals surface area contributed by atoms with E-state index in [1.165, 1.54) is 13.1 Å². The van der Waals surface area contributed by atoms with Crippen molar-refractivity contribution in [3.05, 3.63) is 12.2 Å². The molecular formula is C5H8N2O2. The highest BCUT2D eigenvalue weighted by atomic mass is 16.4. The number of amidine groups is 1. The van der Waals surface area contributed by atoms with E-state index in [4.69, 9.17) is 10.8 Å². The van der Waals surface area contributed by atoms with E-state index >= 15 is 0 Å². The summed E-state index contributed by atoms with van der Waals surface area (Å²) in [5.41, 5.74) is 5.12. The molecule has 3 N–H and O–H groups in total. The van der Waals surface area contributed by atoms with Gasteiger partial charge in [-0.15, -0.1) is 0 Å². The molecule has 9 heavy (non-hydrogen) atoms. The number of hydrogen-bond acceptors (Lipinski definition) is 2. The Morgan fingerprint density at radius 3 is 2.56 bits per heavy atom. The predicted molar refractivity (Wildman–Crippen MR) is 34.3 cm³/mol. The minimum atomic E-state index is -1.03. The summed E-state index contributed by atoms with van der Waals surface area (Å²) in [6.07, 6.45) is 2.16. The Morgan fingerprint density at radius 2 is 2.22 bits per heavy atom. The highest BCUT2D eigenvalue weighted by molar-refractivity contribution is 5.96. The van der Waals surface area contributed by atoms with Gasteiger partial charge in [-0.2, -0.15) is 0 Å². The topological polar surface area (TPSA) is 75.7 Å². The summed E-state index contributed by atoms with van der Waals surface area (Å²) in [7, 11) is 1.49. The van der Waals surface area contributed by atoms with Crippen molar-refractivity contribution in [2.45, 2.75) is 0 Å². The standard InChI is InChI=1S/C5H8N2O2/c1-7-4(6)2-3-5(8)9/h2-3H,1H3,(H2,6,7)(H,8,9)/b3-2+. The highest BCUT2D eigenvalue weighted by Crippen LogP contribution is 1.72. The molecular weight excluding hydrogens is 120 g/mol. The van der Waals surface area contributed by atoms with Crippen LogP contribution in [0.15, 0.2) is 17.1 Å². The van der Waals surface area contributed by atoms with Crippen LogP contribution in [0.3, 0.4) is 0 Å². The Labute approximate surface area is 52.7 Å². The van der Waals surface area contributed by atoms with Gasteiger partial charge in [0, 0.05) is 13.1 Å². The summed E-state index contributed by atoms with van der Waals surface area (Å²) in [6.45, 7) is 0. The Kier molecular flexibility index (Phi) is 3.12. The summed E-state index contributed by atoms with van der Waals surface area (Å²) in [6, 6.07) is 0. The number of rotatable bonds is 2. The van der Waals surface area contributed by atoms with Crippen molar-refractivity contribution < 1.29 is 9.90 Å². The van der Waals surface area contributed by atoms with E-state index in [-0.39, 0.29) is 5.84 Å². The molecule has 0 aromatic carbocycles. The molecule has 0 bridgehead atoms. The van der Waals surface area contributed by atoms with Crippen LogP contribution < -0.4 is 5.73 Å². The molecule has 0 unspecified atom stereocenters. The van der Waals surface area contributed by atoms with Gasteiger partial charge in [0.1, 0.15) is 5.84 Å². The normalized spacial score (nSPS) is 12.3. The van der Waals surface area contributed by atoms with Crippen LogP contribution in [0.4, 0.5) is 0 Å². The van der Waals surface area contributed by atoms with Crippen LogP contribution in [-0.2, 0) is 4.79 Å². The molecule has 0 aliphatic heterocycles. The largest absolute Gasteiger partial charge is 0.478 e. The maximum atomic E-state index is 9.82. The van der Waals surface area contributed by atoms with Gasteiger partial charge in [0.25, 0.3) is 0 Å². The van der Waals surface area contributed by atoms with Gasteiger partial charge in [0.05, 0.1) is 0 Å². The third kappa shape index (κ3) is 4.53. The van der Waals surface area contributed by atoms with Crippen molar-refractivity contribution in [1.29, 1.82) is 0 Å². The van der Waals surface area contributed by atoms with Crippen LogP contribution >= 0.6 is 0 Å². The Hall–Kier alpha value is -1.32. The second-order valence-electron chi connectivity index (χ2n) is 1.32. The quantitative estimate of drug-likeness (QED) is 0.302. The van der Waals surface area contributed by atoms with Crippen molar-refractivity contribution in [3.63, 3.8) is 0 Å². The number of aliphatic carboxylic acids is 1. The zero-order chi connectivity index (χ0) is 7.28. The first-order chi connectivity index (χ1) is 4.16. The van der Waals surface area contributed by atoms with Crippen LogP contribution in [0, 0.1) is 0 Å². The van der Waals surface area contributed by atoms with Gasteiger partial charge in [-0.1, -0.05) is 0 Å². The molecule has 0 heterocycles. The number of nitrogens with zero attached hydrogens (tertiary/aromatic N) is 1. The summed E-state index contributed by atoms with van der Waals surface area (Å²) < 4.78 is 0. The molecule has 0 fully saturated rings. The van der Waals surface area contributed by atoms with Gasteiger partial charge >= 0.3 is 5.97 Å². The second kappa shape index (κ2) is 3.65. The predicted octanol–water partition coefficient (Wildman–Crippen LogP) is -0.386. The van der Waals surface area contributed by atoms with Gasteiger partial charge in [0.15, 0.2) is 0 Å². The lowest BCUT2D eigenvalue weighted by atomic mass is 10.5. The average molecular weight is 128 g/mol. The summed E-state index contributed by atoms with van der Waals surface area (Å²) in [5, 5.41) is 8.06. The lowest BCUT2D eigenvalue weighted by Gasteiger charge is -1.83. The number of carboxylic acids is 1. The van der Waals surface area contributed by atoms with E-state index in [1.807, 2.05) is 0 Å². The SMILES string of the molecule is CN=C(N)/C=C/C(=O)O. The Balaban J connectivity index is 3.86. The summed E-state index contributed by atoms with van der Waals surface area (Å²) >= 11 is 0. The summed E-state index contributed by atoms with van der Waals surface area (Å²) in [5.74, 6) is -0.820. The van der Waals surface area contributed by atoms with E-state index in [0.717, 1.165) is 6.08 Å². The molecule has 4 nitrogen and oxygen atoms in total. The molecule has 50 valence electrons. The minimum Gasteiger partial charge on any atom is -0.478 e. The highest BCUT2D eigenvalue weighted by Gasteiger charge is 1.84. The van der Waals surface area contributed by atoms with Crippen LogP contribution in [0.1, 0.15) is 0 Å². The smallest absolute Gasteiger partial charge is 0.328 e. The third-order valence-corrected chi connectivity index (χ3v) is 0.655. The number of aliphatic imine (C=N–C) groups is 1. The number of hydrogen-bond donors (Lipinski definition) is 2. The molecule has 0 aliphatic carbocycles. The Bertz CT molecular complexity index is 160. The lowest BCUT2D eigenvalue weighted by Crippen LogP contribution is -2.07. The molecule has 0 spiro atoms. The minimum absolute atomic E-state index is 0.206. The van der Waals surface area contributed by atoms with Gasteiger partial charge in [0.2, 0.25) is 0 Å². The first-order valence-electron chi connectivity index (χ1n) is 2.30. The summed E-state index contributed by atoms with van der Waals surface area (Å²) in [4.78, 5) is 13.3. The molecule has 0 amide bonds. The molecule has 0 aliphatic rings. The van der Waals surface area contributed by atoms with Crippen molar-refractivity contribution >= 4 is 11.8 Å². The third-order valence-electron chi connectivity index (χ3n) is 0.655. The van der Waals surface area contributed by atoms with Gasteiger partial charge in [-0.25, -0.2) is 4.79 Å². The van der Waals surface area contributed by atoms with E-state index in [0.29, 0.717) is 0 Å². The van der Waals surface area contributed by atoms with Crippen LogP contribution in [0.2, 0.25) is 0 Å². The van der Waals surface area contributed by atoms with Crippen LogP contribution in [-0.4, -0.2) is 24.0 Å². The van der Waals surface area contributed by atoms with Gasteiger partial charge in [-0.05, 0) is 6.08 Å². The molecule has 0 aromatic heterocycles. The molecule has 0 atom stereocenters. The fourth-order valence-electron chi connectivity index (χ4n) is 0.231. The molecule has 0 saturated heterocycles. The average Bonchev–Trinajstić information content (AvgIpc) is 1.83. The monoisotopic (exact) mass is 128 g/mol. The fraction of sp³-hybridized carbons (Fsp3) is 0.200. The van der Waals surface area contributed by atoms with Crippen LogP contribution in [0.5, 0.6) is 0 Å². The van der Waals surface area contributed by atoms with Crippen LogP contribution in [0.25, 0.3) is 0 Å². The van der Waals surface area contributed by atoms with E-state index < -0.39 is 5.97 Å². The van der Waals surface area contributed by atoms with Gasteiger partial charge in [-0.3, -0.25) is 4.99 Å². The van der Waals surface area contributed by atoms with E-state index in [1.54, 1.807) is 0 Å². The molecule has 4 heteroatoms. The van der Waals surface area contributed by atoms with E-state index in [9.17, 15) is 4.79 Å². The Morgan fingerprint density at radius 1 is 1.67 bits per heavy atom. The van der Waals surface area contributed by atoms with E-state index in [2.05, 4.69) is 4.99 Å². The molecule has 0 aromatic rings. The maximum absolute atomic E-state index is 9.82. The molecule has 0 radical (unpaired) electrons. The van der Waals surface area contributed by atoms with Crippen molar-refractivity contribution in [2.24, 2.45) is 10.7 Å². The number of nitrogens with two attached hydrogens (primary N) is 1. The zero-order valence-electron chi connectivity index (χ0n) is 5.03. The van der Waals surface area contributed by atoms with Crippen molar-refractivity contribution in [2.75, 3.05) is 7.05 Å². The van der Waals surface area contributed by atoms with Crippen molar-refractivity contribution in [3.8, 4) is 0 Å². The lowest BCUT2D eigenvalue weighted by molar-refractivity contribution is -0.131. The zero-order valence-corrected chi connectivity index (χ0v) is 5.03. The molecule has 0 rings (SSSR count). The second-order valence-corrected chi connectivity index (χ2v) is 1.32. The number of carboxylic acid groups (broad SMARTS) is 1. The van der Waals surface area contributed by atoms with Crippen molar-refractivity contribution in [1.82, 2.24) is 0 Å². The first-order valence-corrected chi connectivity index (χ1v) is 2.30. The molecule has 0 saturated carbocycles.